The van der Waals surface area contributed by atoms with Gasteiger partial charge in [0.05, 0.1) is 11.6 Å². The predicted octanol–water partition coefficient (Wildman–Crippen LogP) is 5.06. The van der Waals surface area contributed by atoms with Crippen molar-refractivity contribution in [2.45, 2.75) is 39.5 Å². The van der Waals surface area contributed by atoms with E-state index >= 15 is 0 Å². The summed E-state index contributed by atoms with van der Waals surface area (Å²) in [4.78, 5) is 12.6. The second kappa shape index (κ2) is 7.11. The van der Waals surface area contributed by atoms with Crippen molar-refractivity contribution >= 4 is 11.6 Å². The predicted molar refractivity (Wildman–Crippen MR) is 93.7 cm³/mol. The van der Waals surface area contributed by atoms with Gasteiger partial charge in [0.15, 0.2) is 0 Å². The maximum Gasteiger partial charge on any atom is 0.255 e. The first-order valence-corrected chi connectivity index (χ1v) is 7.88. The normalized spacial score (nSPS) is 10.7. The number of carbonyl (C=O) groups is 1. The molecule has 118 valence electrons. The maximum atomic E-state index is 12.6. The summed E-state index contributed by atoms with van der Waals surface area (Å²) in [7, 11) is 0. The number of anilines is 1. The zero-order valence-electron chi connectivity index (χ0n) is 14.1. The van der Waals surface area contributed by atoms with Crippen molar-refractivity contribution in [2.75, 3.05) is 5.32 Å². The van der Waals surface area contributed by atoms with Gasteiger partial charge in [-0.05, 0) is 47.2 Å². The fourth-order valence-electron chi connectivity index (χ4n) is 2.58. The van der Waals surface area contributed by atoms with Crippen molar-refractivity contribution in [3.63, 3.8) is 0 Å². The molecule has 0 unspecified atom stereocenters. The molecular formula is C20H22N2O. The lowest BCUT2D eigenvalue weighted by Crippen LogP contribution is -2.16. The first-order chi connectivity index (χ1) is 10.9. The molecule has 0 aromatic heterocycles. The van der Waals surface area contributed by atoms with E-state index in [0.717, 1.165) is 16.8 Å². The number of nitrogens with zero attached hydrogens (tertiary/aromatic N) is 1. The largest absolute Gasteiger partial charge is 0.321 e. The second-order valence-corrected chi connectivity index (χ2v) is 6.26. The van der Waals surface area contributed by atoms with E-state index in [9.17, 15) is 4.79 Å². The molecule has 1 N–H and O–H groups in total. The molecule has 2 rings (SSSR count). The van der Waals surface area contributed by atoms with Crippen molar-refractivity contribution in [3.8, 4) is 6.07 Å². The number of para-hydroxylation sites is 1. The van der Waals surface area contributed by atoms with Crippen molar-refractivity contribution in [3.05, 3.63) is 64.7 Å². The van der Waals surface area contributed by atoms with E-state index in [2.05, 4.69) is 51.2 Å². The summed E-state index contributed by atoms with van der Waals surface area (Å²) < 4.78 is 0. The van der Waals surface area contributed by atoms with E-state index in [1.165, 1.54) is 0 Å². The standard InChI is InChI=1S/C20H22N2O/c1-13(2)17-6-5-7-18(14(3)4)19(17)22-20(23)16-10-8-15(12-21)9-11-16/h5-11,13-14H,1-4H3,(H,22,23). The van der Waals surface area contributed by atoms with E-state index in [-0.39, 0.29) is 5.91 Å². The van der Waals surface area contributed by atoms with E-state index in [1.54, 1.807) is 24.3 Å². The Kier molecular flexibility index (Phi) is 5.18. The molecule has 0 saturated carbocycles. The number of hydrogen-bond donors (Lipinski definition) is 1. The second-order valence-electron chi connectivity index (χ2n) is 6.26. The number of rotatable bonds is 4. The van der Waals surface area contributed by atoms with Crippen molar-refractivity contribution in [1.29, 1.82) is 5.26 Å². The van der Waals surface area contributed by atoms with Crippen LogP contribution in [-0.2, 0) is 0 Å². The molecule has 0 aliphatic rings. The third-order valence-electron chi connectivity index (χ3n) is 3.89. The molecule has 0 atom stereocenters. The molecule has 1 amide bonds. The van der Waals surface area contributed by atoms with Crippen molar-refractivity contribution in [1.82, 2.24) is 0 Å². The van der Waals surface area contributed by atoms with Crippen LogP contribution >= 0.6 is 0 Å². The lowest BCUT2D eigenvalue weighted by atomic mass is 9.92. The van der Waals surface area contributed by atoms with Gasteiger partial charge in [-0.3, -0.25) is 4.79 Å². The minimum atomic E-state index is -0.149. The van der Waals surface area contributed by atoms with Crippen LogP contribution in [0.4, 0.5) is 5.69 Å². The fourth-order valence-corrected chi connectivity index (χ4v) is 2.58. The molecule has 0 heterocycles. The van der Waals surface area contributed by atoms with E-state index in [4.69, 9.17) is 5.26 Å². The molecule has 0 saturated heterocycles. The van der Waals surface area contributed by atoms with Crippen LogP contribution in [0, 0.1) is 11.3 Å². The summed E-state index contributed by atoms with van der Waals surface area (Å²) >= 11 is 0. The Bertz CT molecular complexity index is 711. The molecule has 3 nitrogen and oxygen atoms in total. The number of hydrogen-bond acceptors (Lipinski definition) is 2. The van der Waals surface area contributed by atoms with Gasteiger partial charge in [0.25, 0.3) is 5.91 Å². The molecule has 0 fully saturated rings. The first kappa shape index (κ1) is 16.8. The average Bonchev–Trinajstić information content (AvgIpc) is 2.54. The quantitative estimate of drug-likeness (QED) is 0.858. The first-order valence-electron chi connectivity index (χ1n) is 7.88. The van der Waals surface area contributed by atoms with Crippen LogP contribution < -0.4 is 5.32 Å². The lowest BCUT2D eigenvalue weighted by molar-refractivity contribution is 0.102. The fraction of sp³-hybridized carbons (Fsp3) is 0.300. The van der Waals surface area contributed by atoms with Gasteiger partial charge < -0.3 is 5.32 Å². The van der Waals surface area contributed by atoms with Gasteiger partial charge in [-0.1, -0.05) is 45.9 Å². The molecule has 0 aliphatic heterocycles. The number of benzene rings is 2. The summed E-state index contributed by atoms with van der Waals surface area (Å²) in [6, 6.07) is 14.9. The lowest BCUT2D eigenvalue weighted by Gasteiger charge is -2.20. The smallest absolute Gasteiger partial charge is 0.255 e. The Morgan fingerprint density at radius 2 is 1.48 bits per heavy atom. The number of nitriles is 1. The number of nitrogens with one attached hydrogen (secondary N) is 1. The topological polar surface area (TPSA) is 52.9 Å². The van der Waals surface area contributed by atoms with Crippen LogP contribution in [0.5, 0.6) is 0 Å². The van der Waals surface area contributed by atoms with Gasteiger partial charge in [-0.15, -0.1) is 0 Å². The highest BCUT2D eigenvalue weighted by Crippen LogP contribution is 2.32. The average molecular weight is 306 g/mol. The zero-order chi connectivity index (χ0) is 17.0. The monoisotopic (exact) mass is 306 g/mol. The minimum Gasteiger partial charge on any atom is -0.321 e. The van der Waals surface area contributed by atoms with Gasteiger partial charge in [0, 0.05) is 11.3 Å². The van der Waals surface area contributed by atoms with Crippen LogP contribution in [0.1, 0.15) is 66.6 Å². The molecule has 0 spiro atoms. The highest BCUT2D eigenvalue weighted by Gasteiger charge is 2.16. The molecule has 23 heavy (non-hydrogen) atoms. The summed E-state index contributed by atoms with van der Waals surface area (Å²) in [5.74, 6) is 0.499. The van der Waals surface area contributed by atoms with E-state index < -0.39 is 0 Å². The summed E-state index contributed by atoms with van der Waals surface area (Å²) in [5.41, 5.74) is 4.28. The highest BCUT2D eigenvalue weighted by molar-refractivity contribution is 6.05. The summed E-state index contributed by atoms with van der Waals surface area (Å²) in [6.45, 7) is 8.49. The molecule has 0 radical (unpaired) electrons. The highest BCUT2D eigenvalue weighted by atomic mass is 16.1. The van der Waals surface area contributed by atoms with Gasteiger partial charge >= 0.3 is 0 Å². The molecule has 3 heteroatoms. The zero-order valence-corrected chi connectivity index (χ0v) is 14.1. The van der Waals surface area contributed by atoms with Crippen LogP contribution in [-0.4, -0.2) is 5.91 Å². The SMILES string of the molecule is CC(C)c1cccc(C(C)C)c1NC(=O)c1ccc(C#N)cc1. The Morgan fingerprint density at radius 3 is 1.91 bits per heavy atom. The Labute approximate surface area is 138 Å². The summed E-state index contributed by atoms with van der Waals surface area (Å²) in [6.07, 6.45) is 0. The van der Waals surface area contributed by atoms with Gasteiger partial charge in [0.1, 0.15) is 0 Å². The molecule has 0 aliphatic carbocycles. The third-order valence-corrected chi connectivity index (χ3v) is 3.89. The van der Waals surface area contributed by atoms with Gasteiger partial charge in [-0.2, -0.15) is 5.26 Å². The van der Waals surface area contributed by atoms with Crippen LogP contribution in [0.2, 0.25) is 0 Å². The van der Waals surface area contributed by atoms with Gasteiger partial charge in [-0.25, -0.2) is 0 Å². The number of amides is 1. The van der Waals surface area contributed by atoms with Crippen LogP contribution in [0.25, 0.3) is 0 Å². The van der Waals surface area contributed by atoms with Crippen LogP contribution in [0.3, 0.4) is 0 Å². The van der Waals surface area contributed by atoms with E-state index in [1.807, 2.05) is 6.07 Å². The minimum absolute atomic E-state index is 0.149. The number of carbonyl (C=O) groups excluding carboxylic acids is 1. The third kappa shape index (κ3) is 3.78. The van der Waals surface area contributed by atoms with Gasteiger partial charge in [0.2, 0.25) is 0 Å². The Morgan fingerprint density at radius 1 is 0.957 bits per heavy atom. The molecule has 0 bridgehead atoms. The molecular weight excluding hydrogens is 284 g/mol. The Hall–Kier alpha value is -2.60. The van der Waals surface area contributed by atoms with Crippen molar-refractivity contribution in [2.24, 2.45) is 0 Å². The maximum absolute atomic E-state index is 12.6. The van der Waals surface area contributed by atoms with Crippen LogP contribution in [0.15, 0.2) is 42.5 Å². The Balaban J connectivity index is 2.37. The van der Waals surface area contributed by atoms with E-state index in [0.29, 0.717) is 23.0 Å². The molecule has 2 aromatic carbocycles. The van der Waals surface area contributed by atoms with Crippen molar-refractivity contribution < 1.29 is 4.79 Å². The summed E-state index contributed by atoms with van der Waals surface area (Å²) in [5, 5.41) is 11.9. The molecule has 2 aromatic rings.